The van der Waals surface area contributed by atoms with Crippen LogP contribution in [0.25, 0.3) is 11.0 Å². The predicted octanol–water partition coefficient (Wildman–Crippen LogP) is 2.85. The third-order valence-electron chi connectivity index (χ3n) is 1.98. The SMILES string of the molecule is CC.CCc1ncnc2[nH]c(C)cc12. The van der Waals surface area contributed by atoms with Gasteiger partial charge < -0.3 is 4.98 Å². The molecular formula is C11H17N3. The molecule has 0 fully saturated rings. The number of nitrogens with one attached hydrogen (secondary N) is 1. The molecule has 0 saturated heterocycles. The lowest BCUT2D eigenvalue weighted by Crippen LogP contribution is -1.88. The molecule has 14 heavy (non-hydrogen) atoms. The van der Waals surface area contributed by atoms with E-state index < -0.39 is 0 Å². The number of rotatable bonds is 1. The molecule has 2 heterocycles. The first kappa shape index (κ1) is 10.7. The molecule has 0 unspecified atom stereocenters. The van der Waals surface area contributed by atoms with Crippen LogP contribution in [0.4, 0.5) is 0 Å². The van der Waals surface area contributed by atoms with E-state index in [1.54, 1.807) is 6.33 Å². The Labute approximate surface area is 84.6 Å². The van der Waals surface area contributed by atoms with Crippen molar-refractivity contribution in [2.24, 2.45) is 0 Å². The van der Waals surface area contributed by atoms with E-state index in [0.29, 0.717) is 0 Å². The zero-order valence-electron chi connectivity index (χ0n) is 9.26. The van der Waals surface area contributed by atoms with E-state index >= 15 is 0 Å². The number of aromatic amines is 1. The fourth-order valence-corrected chi connectivity index (χ4v) is 1.40. The Hall–Kier alpha value is -1.38. The summed E-state index contributed by atoms with van der Waals surface area (Å²) in [5.41, 5.74) is 3.20. The molecule has 2 aromatic heterocycles. The van der Waals surface area contributed by atoms with Gasteiger partial charge in [0.2, 0.25) is 0 Å². The average Bonchev–Trinajstić information content (AvgIpc) is 2.60. The molecule has 0 aliphatic carbocycles. The highest BCUT2D eigenvalue weighted by molar-refractivity contribution is 5.78. The van der Waals surface area contributed by atoms with E-state index in [4.69, 9.17) is 0 Å². The molecule has 0 aliphatic rings. The van der Waals surface area contributed by atoms with Gasteiger partial charge in [-0.3, -0.25) is 0 Å². The van der Waals surface area contributed by atoms with Gasteiger partial charge in [-0.2, -0.15) is 0 Å². The quantitative estimate of drug-likeness (QED) is 0.753. The minimum absolute atomic E-state index is 0.944. The standard InChI is InChI=1S/C9H11N3.C2H6/c1-3-8-7-4-6(2)12-9(7)11-5-10-8;1-2/h4-5H,3H2,1-2H3,(H,10,11,12);1-2H3. The molecule has 3 heteroatoms. The summed E-state index contributed by atoms with van der Waals surface area (Å²) < 4.78 is 0. The number of aryl methyl sites for hydroxylation is 2. The van der Waals surface area contributed by atoms with E-state index in [1.165, 1.54) is 0 Å². The van der Waals surface area contributed by atoms with E-state index in [1.807, 2.05) is 20.8 Å². The van der Waals surface area contributed by atoms with Crippen LogP contribution < -0.4 is 0 Å². The lowest BCUT2D eigenvalue weighted by atomic mass is 10.2. The van der Waals surface area contributed by atoms with Crippen LogP contribution in [0, 0.1) is 6.92 Å². The summed E-state index contributed by atoms with van der Waals surface area (Å²) in [4.78, 5) is 11.5. The highest BCUT2D eigenvalue weighted by atomic mass is 14.9. The van der Waals surface area contributed by atoms with Crippen LogP contribution >= 0.6 is 0 Å². The molecule has 3 nitrogen and oxygen atoms in total. The lowest BCUT2D eigenvalue weighted by molar-refractivity contribution is 1.03. The van der Waals surface area contributed by atoms with Crippen molar-refractivity contribution >= 4 is 11.0 Å². The normalized spacial score (nSPS) is 9.71. The minimum atomic E-state index is 0.944. The molecule has 0 radical (unpaired) electrons. The number of hydrogen-bond acceptors (Lipinski definition) is 2. The molecule has 0 aromatic carbocycles. The van der Waals surface area contributed by atoms with Crippen LogP contribution in [0.2, 0.25) is 0 Å². The number of aromatic nitrogens is 3. The lowest BCUT2D eigenvalue weighted by Gasteiger charge is -1.94. The third-order valence-corrected chi connectivity index (χ3v) is 1.98. The number of H-pyrrole nitrogens is 1. The molecule has 0 spiro atoms. The molecular weight excluding hydrogens is 174 g/mol. The van der Waals surface area contributed by atoms with Gasteiger partial charge in [0.05, 0.1) is 5.69 Å². The molecule has 1 N–H and O–H groups in total. The van der Waals surface area contributed by atoms with Crippen molar-refractivity contribution in [3.8, 4) is 0 Å². The molecule has 2 aromatic rings. The number of hydrogen-bond donors (Lipinski definition) is 1. The fourth-order valence-electron chi connectivity index (χ4n) is 1.40. The van der Waals surface area contributed by atoms with Crippen LogP contribution in [0.3, 0.4) is 0 Å². The van der Waals surface area contributed by atoms with E-state index in [9.17, 15) is 0 Å². The summed E-state index contributed by atoms with van der Waals surface area (Å²) >= 11 is 0. The van der Waals surface area contributed by atoms with Gasteiger partial charge >= 0.3 is 0 Å². The van der Waals surface area contributed by atoms with Gasteiger partial charge in [-0.1, -0.05) is 20.8 Å². The second-order valence-electron chi connectivity index (χ2n) is 2.89. The summed E-state index contributed by atoms with van der Waals surface area (Å²) in [7, 11) is 0. The van der Waals surface area contributed by atoms with Crippen LogP contribution in [-0.4, -0.2) is 15.0 Å². The average molecular weight is 191 g/mol. The van der Waals surface area contributed by atoms with Crippen molar-refractivity contribution in [2.75, 3.05) is 0 Å². The van der Waals surface area contributed by atoms with Crippen LogP contribution in [-0.2, 0) is 6.42 Å². The Balaban J connectivity index is 0.000000461. The Kier molecular flexibility index (Phi) is 3.63. The minimum Gasteiger partial charge on any atom is -0.343 e. The molecule has 0 amide bonds. The van der Waals surface area contributed by atoms with Gasteiger partial charge in [-0.05, 0) is 19.4 Å². The van der Waals surface area contributed by atoms with Gasteiger partial charge in [-0.15, -0.1) is 0 Å². The van der Waals surface area contributed by atoms with Gasteiger partial charge in [0.15, 0.2) is 0 Å². The summed E-state index contributed by atoms with van der Waals surface area (Å²) in [6, 6.07) is 2.09. The third kappa shape index (κ3) is 1.92. The van der Waals surface area contributed by atoms with Crippen molar-refractivity contribution in [2.45, 2.75) is 34.1 Å². The first-order valence-corrected chi connectivity index (χ1v) is 5.10. The Morgan fingerprint density at radius 3 is 2.64 bits per heavy atom. The molecule has 0 saturated carbocycles. The van der Waals surface area contributed by atoms with Gasteiger partial charge in [0, 0.05) is 11.1 Å². The zero-order valence-corrected chi connectivity index (χ0v) is 9.26. The van der Waals surface area contributed by atoms with Crippen molar-refractivity contribution in [1.82, 2.24) is 15.0 Å². The van der Waals surface area contributed by atoms with Gasteiger partial charge in [-0.25, -0.2) is 9.97 Å². The smallest absolute Gasteiger partial charge is 0.141 e. The van der Waals surface area contributed by atoms with Crippen molar-refractivity contribution in [3.05, 3.63) is 23.8 Å². The first-order valence-electron chi connectivity index (χ1n) is 5.10. The number of fused-ring (bicyclic) bond motifs is 1. The highest BCUT2D eigenvalue weighted by Gasteiger charge is 2.02. The van der Waals surface area contributed by atoms with E-state index in [0.717, 1.165) is 28.8 Å². The van der Waals surface area contributed by atoms with E-state index in [2.05, 4.69) is 27.9 Å². The van der Waals surface area contributed by atoms with Crippen LogP contribution in [0.1, 0.15) is 32.2 Å². The van der Waals surface area contributed by atoms with Crippen LogP contribution in [0.5, 0.6) is 0 Å². The highest BCUT2D eigenvalue weighted by Crippen LogP contribution is 2.15. The second kappa shape index (κ2) is 4.74. The maximum Gasteiger partial charge on any atom is 0.141 e. The largest absolute Gasteiger partial charge is 0.343 e. The molecule has 76 valence electrons. The summed E-state index contributed by atoms with van der Waals surface area (Å²) in [5, 5.41) is 1.15. The Morgan fingerprint density at radius 1 is 1.29 bits per heavy atom. The van der Waals surface area contributed by atoms with E-state index in [-0.39, 0.29) is 0 Å². The maximum absolute atomic E-state index is 4.21. The predicted molar refractivity (Wildman–Crippen MR) is 59.4 cm³/mol. The Bertz CT molecular complexity index is 404. The van der Waals surface area contributed by atoms with Gasteiger partial charge in [0.1, 0.15) is 12.0 Å². The topological polar surface area (TPSA) is 41.6 Å². The van der Waals surface area contributed by atoms with Gasteiger partial charge in [0.25, 0.3) is 0 Å². The Morgan fingerprint density at radius 2 is 2.00 bits per heavy atom. The summed E-state index contributed by atoms with van der Waals surface area (Å²) in [5.74, 6) is 0. The summed E-state index contributed by atoms with van der Waals surface area (Å²) in [6.07, 6.45) is 2.56. The molecule has 0 aliphatic heterocycles. The maximum atomic E-state index is 4.21. The molecule has 0 atom stereocenters. The van der Waals surface area contributed by atoms with Crippen LogP contribution in [0.15, 0.2) is 12.4 Å². The van der Waals surface area contributed by atoms with Crippen molar-refractivity contribution in [1.29, 1.82) is 0 Å². The van der Waals surface area contributed by atoms with Crippen molar-refractivity contribution in [3.63, 3.8) is 0 Å². The summed E-state index contributed by atoms with van der Waals surface area (Å²) in [6.45, 7) is 8.13. The fraction of sp³-hybridized carbons (Fsp3) is 0.455. The van der Waals surface area contributed by atoms with Crippen molar-refractivity contribution < 1.29 is 0 Å². The monoisotopic (exact) mass is 191 g/mol. The first-order chi connectivity index (χ1) is 6.81. The zero-order chi connectivity index (χ0) is 10.6. The molecule has 0 bridgehead atoms. The second-order valence-corrected chi connectivity index (χ2v) is 2.89. The number of nitrogens with zero attached hydrogens (tertiary/aromatic N) is 2. The molecule has 2 rings (SSSR count).